The van der Waals surface area contributed by atoms with Gasteiger partial charge in [0, 0.05) is 17.3 Å². The quantitative estimate of drug-likeness (QED) is 0.789. The second-order valence-corrected chi connectivity index (χ2v) is 5.49. The third-order valence-electron chi connectivity index (χ3n) is 3.89. The lowest BCUT2D eigenvalue weighted by Crippen LogP contribution is -2.62. The fourth-order valence-corrected chi connectivity index (χ4v) is 3.15. The standard InChI is InChI=1S/C14H15ClN2O2/c1-9-13(18)16-7-3-6-12(16)14(19)17(9)11-5-2-4-10(15)8-11/h2,4-5,8-9,12H,3,6-7H2,1H3. The first-order chi connectivity index (χ1) is 9.09. The van der Waals surface area contributed by atoms with Crippen LogP contribution in [0.25, 0.3) is 0 Å². The Labute approximate surface area is 116 Å². The van der Waals surface area contributed by atoms with E-state index in [4.69, 9.17) is 11.6 Å². The number of halogens is 1. The molecule has 2 atom stereocenters. The van der Waals surface area contributed by atoms with Crippen molar-refractivity contribution in [2.75, 3.05) is 11.4 Å². The lowest BCUT2D eigenvalue weighted by Gasteiger charge is -2.40. The van der Waals surface area contributed by atoms with Crippen LogP contribution in [-0.4, -0.2) is 35.3 Å². The Hall–Kier alpha value is -1.55. The molecule has 2 aliphatic rings. The number of benzene rings is 1. The maximum Gasteiger partial charge on any atom is 0.250 e. The topological polar surface area (TPSA) is 40.6 Å². The SMILES string of the molecule is CC1C(=O)N2CCCC2C(=O)N1c1cccc(Cl)c1. The van der Waals surface area contributed by atoms with Gasteiger partial charge in [-0.3, -0.25) is 14.5 Å². The predicted molar refractivity (Wildman–Crippen MR) is 73.1 cm³/mol. The molecule has 0 aliphatic carbocycles. The summed E-state index contributed by atoms with van der Waals surface area (Å²) in [5.74, 6) is 0.0361. The molecular weight excluding hydrogens is 264 g/mol. The minimum Gasteiger partial charge on any atom is -0.329 e. The van der Waals surface area contributed by atoms with Crippen molar-refractivity contribution in [3.05, 3.63) is 29.3 Å². The molecule has 1 aromatic carbocycles. The zero-order valence-electron chi connectivity index (χ0n) is 10.7. The zero-order valence-corrected chi connectivity index (χ0v) is 11.4. The summed E-state index contributed by atoms with van der Waals surface area (Å²) in [4.78, 5) is 28.2. The van der Waals surface area contributed by atoms with Gasteiger partial charge in [0.1, 0.15) is 12.1 Å². The normalized spacial score (nSPS) is 26.8. The number of nitrogens with zero attached hydrogens (tertiary/aromatic N) is 2. The van der Waals surface area contributed by atoms with Gasteiger partial charge < -0.3 is 4.90 Å². The molecule has 3 rings (SSSR count). The van der Waals surface area contributed by atoms with Crippen molar-refractivity contribution in [1.82, 2.24) is 4.90 Å². The molecule has 0 radical (unpaired) electrons. The minimum atomic E-state index is -0.458. The van der Waals surface area contributed by atoms with E-state index in [2.05, 4.69) is 0 Å². The highest BCUT2D eigenvalue weighted by Gasteiger charge is 2.46. The van der Waals surface area contributed by atoms with Crippen molar-refractivity contribution in [3.63, 3.8) is 0 Å². The molecule has 19 heavy (non-hydrogen) atoms. The Morgan fingerprint density at radius 3 is 2.79 bits per heavy atom. The Morgan fingerprint density at radius 1 is 1.26 bits per heavy atom. The van der Waals surface area contributed by atoms with Gasteiger partial charge in [-0.2, -0.15) is 0 Å². The van der Waals surface area contributed by atoms with Crippen LogP contribution in [0, 0.1) is 0 Å². The summed E-state index contributed by atoms with van der Waals surface area (Å²) >= 11 is 5.97. The van der Waals surface area contributed by atoms with Crippen LogP contribution in [0.4, 0.5) is 5.69 Å². The molecule has 2 saturated heterocycles. The molecule has 2 heterocycles. The Balaban J connectivity index is 2.00. The minimum absolute atomic E-state index is 0.00636. The van der Waals surface area contributed by atoms with Crippen LogP contribution >= 0.6 is 11.6 Å². The van der Waals surface area contributed by atoms with Crippen LogP contribution in [0.3, 0.4) is 0 Å². The van der Waals surface area contributed by atoms with E-state index in [0.717, 1.165) is 12.8 Å². The number of rotatable bonds is 1. The lowest BCUT2D eigenvalue weighted by atomic mass is 10.1. The highest BCUT2D eigenvalue weighted by Crippen LogP contribution is 2.31. The Kier molecular flexibility index (Phi) is 2.97. The van der Waals surface area contributed by atoms with Gasteiger partial charge in [0.25, 0.3) is 5.91 Å². The van der Waals surface area contributed by atoms with Crippen molar-refractivity contribution < 1.29 is 9.59 Å². The van der Waals surface area contributed by atoms with E-state index in [1.165, 1.54) is 0 Å². The molecule has 0 N–H and O–H groups in total. The van der Waals surface area contributed by atoms with Crippen molar-refractivity contribution in [1.29, 1.82) is 0 Å². The van der Waals surface area contributed by atoms with E-state index in [9.17, 15) is 9.59 Å². The number of carbonyl (C=O) groups excluding carboxylic acids is 2. The maximum atomic E-state index is 12.6. The fourth-order valence-electron chi connectivity index (χ4n) is 2.97. The molecular formula is C14H15ClN2O2. The summed E-state index contributed by atoms with van der Waals surface area (Å²) in [6.07, 6.45) is 1.66. The number of amides is 2. The van der Waals surface area contributed by atoms with Gasteiger partial charge in [-0.15, -0.1) is 0 Å². The molecule has 0 aromatic heterocycles. The lowest BCUT2D eigenvalue weighted by molar-refractivity contribution is -0.143. The molecule has 100 valence electrons. The first-order valence-corrected chi connectivity index (χ1v) is 6.86. The van der Waals surface area contributed by atoms with Crippen LogP contribution in [0.15, 0.2) is 24.3 Å². The number of fused-ring (bicyclic) bond motifs is 1. The zero-order chi connectivity index (χ0) is 13.6. The van der Waals surface area contributed by atoms with E-state index in [1.807, 2.05) is 6.07 Å². The molecule has 1 aromatic rings. The number of hydrogen-bond acceptors (Lipinski definition) is 2. The highest BCUT2D eigenvalue weighted by molar-refractivity contribution is 6.31. The largest absolute Gasteiger partial charge is 0.329 e. The molecule has 2 unspecified atom stereocenters. The van der Waals surface area contributed by atoms with E-state index in [1.54, 1.807) is 34.9 Å². The van der Waals surface area contributed by atoms with Gasteiger partial charge in [-0.05, 0) is 38.0 Å². The molecule has 2 fully saturated rings. The van der Waals surface area contributed by atoms with Crippen LogP contribution < -0.4 is 4.90 Å². The van der Waals surface area contributed by atoms with Crippen LogP contribution in [0.2, 0.25) is 5.02 Å². The van der Waals surface area contributed by atoms with Gasteiger partial charge in [0.05, 0.1) is 0 Å². The number of carbonyl (C=O) groups is 2. The average molecular weight is 279 g/mol. The summed E-state index contributed by atoms with van der Waals surface area (Å²) in [6, 6.07) is 6.35. The fraction of sp³-hybridized carbons (Fsp3) is 0.429. The molecule has 0 bridgehead atoms. The molecule has 0 spiro atoms. The molecule has 5 heteroatoms. The second-order valence-electron chi connectivity index (χ2n) is 5.05. The third kappa shape index (κ3) is 1.91. The number of anilines is 1. The smallest absolute Gasteiger partial charge is 0.250 e. The number of piperazine rings is 1. The summed E-state index contributed by atoms with van der Waals surface area (Å²) in [6.45, 7) is 2.47. The molecule has 0 saturated carbocycles. The summed E-state index contributed by atoms with van der Waals surface area (Å²) in [7, 11) is 0. The molecule has 2 amide bonds. The van der Waals surface area contributed by atoms with E-state index < -0.39 is 6.04 Å². The van der Waals surface area contributed by atoms with Crippen LogP contribution in [0.5, 0.6) is 0 Å². The van der Waals surface area contributed by atoms with E-state index >= 15 is 0 Å². The summed E-state index contributed by atoms with van der Waals surface area (Å²) in [5.41, 5.74) is 0.699. The van der Waals surface area contributed by atoms with Gasteiger partial charge >= 0.3 is 0 Å². The van der Waals surface area contributed by atoms with Crippen LogP contribution in [0.1, 0.15) is 19.8 Å². The monoisotopic (exact) mass is 278 g/mol. The predicted octanol–water partition coefficient (Wildman–Crippen LogP) is 2.07. The van der Waals surface area contributed by atoms with Crippen molar-refractivity contribution in [2.45, 2.75) is 31.8 Å². The number of hydrogen-bond donors (Lipinski definition) is 0. The maximum absolute atomic E-state index is 12.6. The van der Waals surface area contributed by atoms with Crippen molar-refractivity contribution >= 4 is 29.1 Å². The van der Waals surface area contributed by atoms with E-state index in [0.29, 0.717) is 17.3 Å². The molecule has 4 nitrogen and oxygen atoms in total. The summed E-state index contributed by atoms with van der Waals surface area (Å²) in [5, 5.41) is 0.568. The second kappa shape index (κ2) is 4.53. The Bertz CT molecular complexity index is 546. The van der Waals surface area contributed by atoms with Crippen LogP contribution in [-0.2, 0) is 9.59 Å². The third-order valence-corrected chi connectivity index (χ3v) is 4.12. The van der Waals surface area contributed by atoms with Gasteiger partial charge in [0.15, 0.2) is 0 Å². The van der Waals surface area contributed by atoms with Crippen molar-refractivity contribution in [3.8, 4) is 0 Å². The van der Waals surface area contributed by atoms with E-state index in [-0.39, 0.29) is 17.9 Å². The van der Waals surface area contributed by atoms with Crippen molar-refractivity contribution in [2.24, 2.45) is 0 Å². The van der Waals surface area contributed by atoms with Gasteiger partial charge in [0.2, 0.25) is 5.91 Å². The first kappa shape index (κ1) is 12.5. The average Bonchev–Trinajstić information content (AvgIpc) is 2.86. The summed E-state index contributed by atoms with van der Waals surface area (Å²) < 4.78 is 0. The van der Waals surface area contributed by atoms with Gasteiger partial charge in [-0.1, -0.05) is 17.7 Å². The highest BCUT2D eigenvalue weighted by atomic mass is 35.5. The first-order valence-electron chi connectivity index (χ1n) is 6.48. The molecule has 2 aliphatic heterocycles. The van der Waals surface area contributed by atoms with Gasteiger partial charge in [-0.25, -0.2) is 0 Å². The Morgan fingerprint density at radius 2 is 2.05 bits per heavy atom.